The summed E-state index contributed by atoms with van der Waals surface area (Å²) in [5, 5.41) is 4.65. The number of hydrogen-bond donors (Lipinski definition) is 2. The summed E-state index contributed by atoms with van der Waals surface area (Å²) in [5.41, 5.74) is -0.448. The Morgan fingerprint density at radius 2 is 1.69 bits per heavy atom. The predicted octanol–water partition coefficient (Wildman–Crippen LogP) is 2.65. The van der Waals surface area contributed by atoms with E-state index in [1.165, 1.54) is 6.92 Å². The van der Waals surface area contributed by atoms with Crippen molar-refractivity contribution in [3.63, 3.8) is 0 Å². The average molecular weight is 365 g/mol. The second kappa shape index (κ2) is 7.39. The first-order chi connectivity index (χ1) is 12.3. The van der Waals surface area contributed by atoms with Gasteiger partial charge in [0.2, 0.25) is 17.7 Å². The van der Waals surface area contributed by atoms with Gasteiger partial charge in [0.05, 0.1) is 17.3 Å². The maximum Gasteiger partial charge on any atom is 0.229 e. The monoisotopic (exact) mass is 365 g/mol. The Bertz CT molecular complexity index is 747. The van der Waals surface area contributed by atoms with Crippen LogP contribution in [-0.4, -0.2) is 35.2 Å². The highest BCUT2D eigenvalue weighted by Gasteiger charge is 2.38. The van der Waals surface area contributed by atoms with Gasteiger partial charge in [0, 0.05) is 32.0 Å². The standard InChI is InChI=1S/C18H21F2N3O3/c1-10(24)21-15-8-16(14(20)7-13(15)19)22-18(26)11-6-17(25)23(9-11)12-4-2-3-5-12/h7-8,11-12H,2-6,9H2,1H3,(H,21,24)(H,22,26). The molecule has 1 aromatic carbocycles. The second-order valence-corrected chi connectivity index (χ2v) is 6.87. The fourth-order valence-electron chi connectivity index (χ4n) is 3.64. The molecule has 3 amide bonds. The molecule has 1 aliphatic heterocycles. The average Bonchev–Trinajstić information content (AvgIpc) is 3.20. The Balaban J connectivity index is 1.70. The van der Waals surface area contributed by atoms with Crippen molar-refractivity contribution >= 4 is 29.1 Å². The van der Waals surface area contributed by atoms with E-state index in [4.69, 9.17) is 0 Å². The van der Waals surface area contributed by atoms with E-state index in [1.807, 2.05) is 0 Å². The molecule has 1 atom stereocenters. The molecule has 0 bridgehead atoms. The van der Waals surface area contributed by atoms with Crippen molar-refractivity contribution in [2.24, 2.45) is 5.92 Å². The maximum absolute atomic E-state index is 14.0. The molecule has 2 N–H and O–H groups in total. The highest BCUT2D eigenvalue weighted by molar-refractivity contribution is 5.98. The van der Waals surface area contributed by atoms with Crippen LogP contribution in [0.5, 0.6) is 0 Å². The fourth-order valence-corrected chi connectivity index (χ4v) is 3.64. The number of carbonyl (C=O) groups is 3. The Hall–Kier alpha value is -2.51. The van der Waals surface area contributed by atoms with Gasteiger partial charge in [-0.2, -0.15) is 0 Å². The van der Waals surface area contributed by atoms with E-state index in [9.17, 15) is 23.2 Å². The quantitative estimate of drug-likeness (QED) is 0.861. The molecule has 1 heterocycles. The molecule has 0 spiro atoms. The molecule has 1 aromatic rings. The zero-order valence-corrected chi connectivity index (χ0v) is 14.5. The lowest BCUT2D eigenvalue weighted by Crippen LogP contribution is -2.35. The predicted molar refractivity (Wildman–Crippen MR) is 91.4 cm³/mol. The molecular weight excluding hydrogens is 344 g/mol. The third kappa shape index (κ3) is 3.84. The first-order valence-electron chi connectivity index (χ1n) is 8.72. The lowest BCUT2D eigenvalue weighted by molar-refractivity contribution is -0.130. The van der Waals surface area contributed by atoms with E-state index in [0.29, 0.717) is 12.6 Å². The van der Waals surface area contributed by atoms with Crippen molar-refractivity contribution < 1.29 is 23.2 Å². The van der Waals surface area contributed by atoms with E-state index in [2.05, 4.69) is 10.6 Å². The Morgan fingerprint density at radius 3 is 2.31 bits per heavy atom. The van der Waals surface area contributed by atoms with Crippen LogP contribution in [0.15, 0.2) is 12.1 Å². The SMILES string of the molecule is CC(=O)Nc1cc(NC(=O)C2CC(=O)N(C3CCCC3)C2)c(F)cc1F. The van der Waals surface area contributed by atoms with E-state index in [-0.39, 0.29) is 29.7 Å². The highest BCUT2D eigenvalue weighted by atomic mass is 19.1. The van der Waals surface area contributed by atoms with Gasteiger partial charge in [-0.3, -0.25) is 14.4 Å². The number of nitrogens with zero attached hydrogens (tertiary/aromatic N) is 1. The molecule has 1 unspecified atom stereocenters. The van der Waals surface area contributed by atoms with Gasteiger partial charge < -0.3 is 15.5 Å². The minimum atomic E-state index is -0.943. The second-order valence-electron chi connectivity index (χ2n) is 6.87. The van der Waals surface area contributed by atoms with E-state index in [1.54, 1.807) is 4.90 Å². The number of rotatable bonds is 4. The van der Waals surface area contributed by atoms with Crippen molar-refractivity contribution in [2.45, 2.75) is 45.1 Å². The van der Waals surface area contributed by atoms with Crippen LogP contribution >= 0.6 is 0 Å². The summed E-state index contributed by atoms with van der Waals surface area (Å²) in [4.78, 5) is 37.5. The smallest absolute Gasteiger partial charge is 0.229 e. The third-order valence-corrected chi connectivity index (χ3v) is 4.92. The molecular formula is C18H21F2N3O3. The molecule has 8 heteroatoms. The minimum absolute atomic E-state index is 0.0597. The first kappa shape index (κ1) is 18.3. The van der Waals surface area contributed by atoms with Crippen molar-refractivity contribution in [2.75, 3.05) is 17.2 Å². The van der Waals surface area contributed by atoms with Gasteiger partial charge in [-0.25, -0.2) is 8.78 Å². The molecule has 2 aliphatic rings. The Labute approximate surface area is 149 Å². The van der Waals surface area contributed by atoms with E-state index in [0.717, 1.165) is 31.7 Å². The number of amides is 3. The number of halogens is 2. The third-order valence-electron chi connectivity index (χ3n) is 4.92. The number of benzene rings is 1. The summed E-state index contributed by atoms with van der Waals surface area (Å²) in [6, 6.07) is 1.83. The molecule has 0 aromatic heterocycles. The zero-order valence-electron chi connectivity index (χ0n) is 14.5. The zero-order chi connectivity index (χ0) is 18.8. The van der Waals surface area contributed by atoms with Gasteiger partial charge in [-0.05, 0) is 18.9 Å². The molecule has 6 nitrogen and oxygen atoms in total. The van der Waals surface area contributed by atoms with Crippen molar-refractivity contribution in [3.8, 4) is 0 Å². The molecule has 140 valence electrons. The van der Waals surface area contributed by atoms with Crippen LogP contribution in [-0.2, 0) is 14.4 Å². The molecule has 26 heavy (non-hydrogen) atoms. The molecule has 3 rings (SSSR count). The van der Waals surface area contributed by atoms with Gasteiger partial charge >= 0.3 is 0 Å². The molecule has 0 radical (unpaired) electrons. The minimum Gasteiger partial charge on any atom is -0.339 e. The van der Waals surface area contributed by atoms with Crippen molar-refractivity contribution in [1.29, 1.82) is 0 Å². The van der Waals surface area contributed by atoms with Gasteiger partial charge in [-0.1, -0.05) is 12.8 Å². The maximum atomic E-state index is 14.0. The van der Waals surface area contributed by atoms with Crippen LogP contribution in [0.25, 0.3) is 0 Å². The molecule has 2 fully saturated rings. The lowest BCUT2D eigenvalue weighted by atomic mass is 10.1. The van der Waals surface area contributed by atoms with Gasteiger partial charge in [0.1, 0.15) is 11.6 Å². The number of anilines is 2. The summed E-state index contributed by atoms with van der Waals surface area (Å²) in [7, 11) is 0. The number of likely N-dealkylation sites (tertiary alicyclic amines) is 1. The topological polar surface area (TPSA) is 78.5 Å². The summed E-state index contributed by atoms with van der Waals surface area (Å²) < 4.78 is 27.7. The van der Waals surface area contributed by atoms with Gasteiger partial charge in [-0.15, -0.1) is 0 Å². The number of carbonyl (C=O) groups excluding carboxylic acids is 3. The summed E-state index contributed by atoms with van der Waals surface area (Å²) in [5.74, 6) is -3.51. The molecule has 1 saturated heterocycles. The van der Waals surface area contributed by atoms with Crippen LogP contribution in [0.3, 0.4) is 0 Å². The summed E-state index contributed by atoms with van der Waals surface area (Å²) >= 11 is 0. The fraction of sp³-hybridized carbons (Fsp3) is 0.500. The van der Waals surface area contributed by atoms with Gasteiger partial charge in [0.25, 0.3) is 0 Å². The first-order valence-corrected chi connectivity index (χ1v) is 8.72. The van der Waals surface area contributed by atoms with Crippen LogP contribution in [0.2, 0.25) is 0 Å². The number of hydrogen-bond acceptors (Lipinski definition) is 3. The van der Waals surface area contributed by atoms with Gasteiger partial charge in [0.15, 0.2) is 0 Å². The Kier molecular flexibility index (Phi) is 5.20. The van der Waals surface area contributed by atoms with E-state index < -0.39 is 29.4 Å². The van der Waals surface area contributed by atoms with Crippen LogP contribution in [0, 0.1) is 17.6 Å². The normalized spacial score (nSPS) is 20.5. The van der Waals surface area contributed by atoms with Crippen LogP contribution < -0.4 is 10.6 Å². The van der Waals surface area contributed by atoms with E-state index >= 15 is 0 Å². The molecule has 1 saturated carbocycles. The van der Waals surface area contributed by atoms with Crippen LogP contribution in [0.4, 0.5) is 20.2 Å². The molecule has 1 aliphatic carbocycles. The highest BCUT2D eigenvalue weighted by Crippen LogP contribution is 2.30. The number of nitrogens with one attached hydrogen (secondary N) is 2. The van der Waals surface area contributed by atoms with Crippen molar-refractivity contribution in [3.05, 3.63) is 23.8 Å². The summed E-state index contributed by atoms with van der Waals surface area (Å²) in [6.45, 7) is 1.51. The van der Waals surface area contributed by atoms with Crippen LogP contribution in [0.1, 0.15) is 39.0 Å². The van der Waals surface area contributed by atoms with Crippen molar-refractivity contribution in [1.82, 2.24) is 4.90 Å². The summed E-state index contributed by atoms with van der Waals surface area (Å²) in [6.07, 6.45) is 4.15. The lowest BCUT2D eigenvalue weighted by Gasteiger charge is -2.23. The Morgan fingerprint density at radius 1 is 1.08 bits per heavy atom. The largest absolute Gasteiger partial charge is 0.339 e.